The standard InChI is InChI=1S/C17H23NO2/c1-3-18(4-2)15-7-5-13(6-8-15)11-14-12-16(19)9-10-17(14)20/h5-8,11,16,19H,3-4,9-10,12H2,1-2H3. The SMILES string of the molecule is CCN(CC)c1ccc(C=C2CC(O)CCC2=O)cc1. The third-order valence-corrected chi connectivity index (χ3v) is 3.88. The lowest BCUT2D eigenvalue weighted by Crippen LogP contribution is -2.21. The zero-order valence-corrected chi connectivity index (χ0v) is 12.3. The Labute approximate surface area is 120 Å². The molecule has 0 aromatic heterocycles. The van der Waals surface area contributed by atoms with Crippen LogP contribution in [0.5, 0.6) is 0 Å². The van der Waals surface area contributed by atoms with E-state index in [0.29, 0.717) is 19.3 Å². The highest BCUT2D eigenvalue weighted by Gasteiger charge is 2.21. The number of aliphatic hydroxyl groups is 1. The second-order valence-electron chi connectivity index (χ2n) is 5.25. The van der Waals surface area contributed by atoms with E-state index in [2.05, 4.69) is 30.9 Å². The predicted molar refractivity (Wildman–Crippen MR) is 82.8 cm³/mol. The fourth-order valence-corrected chi connectivity index (χ4v) is 2.64. The van der Waals surface area contributed by atoms with E-state index in [9.17, 15) is 9.90 Å². The normalized spacial score (nSPS) is 21.2. The Morgan fingerprint density at radius 2 is 1.90 bits per heavy atom. The van der Waals surface area contributed by atoms with Crippen molar-refractivity contribution in [2.45, 2.75) is 39.2 Å². The minimum Gasteiger partial charge on any atom is -0.393 e. The molecule has 0 amide bonds. The largest absolute Gasteiger partial charge is 0.393 e. The molecule has 1 N–H and O–H groups in total. The second kappa shape index (κ2) is 6.71. The van der Waals surface area contributed by atoms with E-state index in [4.69, 9.17) is 0 Å². The van der Waals surface area contributed by atoms with Gasteiger partial charge in [-0.05, 0) is 49.6 Å². The molecule has 0 spiro atoms. The van der Waals surface area contributed by atoms with Gasteiger partial charge in [0.25, 0.3) is 0 Å². The van der Waals surface area contributed by atoms with E-state index in [1.165, 1.54) is 5.69 Å². The van der Waals surface area contributed by atoms with Crippen LogP contribution in [-0.4, -0.2) is 30.1 Å². The van der Waals surface area contributed by atoms with Crippen molar-refractivity contribution in [2.24, 2.45) is 0 Å². The van der Waals surface area contributed by atoms with Crippen molar-refractivity contribution in [3.63, 3.8) is 0 Å². The Kier molecular flexibility index (Phi) is 4.96. The molecule has 0 saturated heterocycles. The van der Waals surface area contributed by atoms with Crippen molar-refractivity contribution >= 4 is 17.5 Å². The van der Waals surface area contributed by atoms with E-state index in [0.717, 1.165) is 24.2 Å². The Morgan fingerprint density at radius 1 is 1.25 bits per heavy atom. The minimum atomic E-state index is -0.367. The molecule has 1 aliphatic rings. The van der Waals surface area contributed by atoms with Gasteiger partial charge in [0.1, 0.15) is 0 Å². The lowest BCUT2D eigenvalue weighted by molar-refractivity contribution is -0.117. The van der Waals surface area contributed by atoms with Gasteiger partial charge < -0.3 is 10.0 Å². The van der Waals surface area contributed by atoms with Crippen molar-refractivity contribution in [3.8, 4) is 0 Å². The number of benzene rings is 1. The highest BCUT2D eigenvalue weighted by Crippen LogP contribution is 2.24. The van der Waals surface area contributed by atoms with Crippen molar-refractivity contribution in [2.75, 3.05) is 18.0 Å². The third kappa shape index (κ3) is 3.48. The summed E-state index contributed by atoms with van der Waals surface area (Å²) in [5, 5.41) is 9.66. The molecule has 0 radical (unpaired) electrons. The first-order chi connectivity index (χ1) is 9.63. The van der Waals surface area contributed by atoms with Gasteiger partial charge in [-0.1, -0.05) is 12.1 Å². The Bertz CT molecular complexity index is 486. The van der Waals surface area contributed by atoms with Gasteiger partial charge in [-0.3, -0.25) is 4.79 Å². The fraction of sp³-hybridized carbons (Fsp3) is 0.471. The average Bonchev–Trinajstić information content (AvgIpc) is 2.46. The predicted octanol–water partition coefficient (Wildman–Crippen LogP) is 3.03. The molecule has 0 heterocycles. The van der Waals surface area contributed by atoms with Gasteiger partial charge in [0.15, 0.2) is 5.78 Å². The van der Waals surface area contributed by atoms with Gasteiger partial charge in [0, 0.05) is 31.6 Å². The first kappa shape index (κ1) is 14.8. The maximum atomic E-state index is 11.8. The lowest BCUT2D eigenvalue weighted by atomic mass is 9.90. The molecular weight excluding hydrogens is 250 g/mol. The number of aliphatic hydroxyl groups excluding tert-OH is 1. The molecule has 20 heavy (non-hydrogen) atoms. The molecule has 1 aromatic carbocycles. The molecule has 3 nitrogen and oxygen atoms in total. The van der Waals surface area contributed by atoms with Crippen LogP contribution in [0.2, 0.25) is 0 Å². The Balaban J connectivity index is 2.15. The lowest BCUT2D eigenvalue weighted by Gasteiger charge is -2.21. The van der Waals surface area contributed by atoms with Crippen molar-refractivity contribution in [1.82, 2.24) is 0 Å². The number of carbonyl (C=O) groups is 1. The summed E-state index contributed by atoms with van der Waals surface area (Å²) in [4.78, 5) is 14.1. The number of anilines is 1. The van der Waals surface area contributed by atoms with Crippen LogP contribution in [0, 0.1) is 0 Å². The molecule has 108 valence electrons. The highest BCUT2D eigenvalue weighted by molar-refractivity contribution is 6.00. The molecule has 1 unspecified atom stereocenters. The highest BCUT2D eigenvalue weighted by atomic mass is 16.3. The van der Waals surface area contributed by atoms with Crippen LogP contribution < -0.4 is 4.90 Å². The maximum absolute atomic E-state index is 11.8. The van der Waals surface area contributed by atoms with E-state index < -0.39 is 0 Å². The Morgan fingerprint density at radius 3 is 2.50 bits per heavy atom. The van der Waals surface area contributed by atoms with Crippen LogP contribution in [0.25, 0.3) is 6.08 Å². The number of carbonyl (C=O) groups excluding carboxylic acids is 1. The first-order valence-electron chi connectivity index (χ1n) is 7.40. The quantitative estimate of drug-likeness (QED) is 0.857. The van der Waals surface area contributed by atoms with Gasteiger partial charge in [-0.15, -0.1) is 0 Å². The van der Waals surface area contributed by atoms with Crippen molar-refractivity contribution < 1.29 is 9.90 Å². The summed E-state index contributed by atoms with van der Waals surface area (Å²) in [6, 6.07) is 8.25. The average molecular weight is 273 g/mol. The number of Topliss-reactive ketones (excluding diaryl/α,β-unsaturated/α-hetero) is 1. The molecule has 3 heteroatoms. The molecule has 1 atom stereocenters. The summed E-state index contributed by atoms with van der Waals surface area (Å²) in [6.07, 6.45) is 3.09. The first-order valence-corrected chi connectivity index (χ1v) is 7.40. The zero-order chi connectivity index (χ0) is 14.5. The van der Waals surface area contributed by atoms with Crippen molar-refractivity contribution in [1.29, 1.82) is 0 Å². The third-order valence-electron chi connectivity index (χ3n) is 3.88. The smallest absolute Gasteiger partial charge is 0.159 e. The van der Waals surface area contributed by atoms with Crippen LogP contribution in [0.3, 0.4) is 0 Å². The number of ketones is 1. The molecule has 2 rings (SSSR count). The van der Waals surface area contributed by atoms with Crippen LogP contribution >= 0.6 is 0 Å². The van der Waals surface area contributed by atoms with Gasteiger partial charge in [0.2, 0.25) is 0 Å². The molecule has 1 saturated carbocycles. The number of rotatable bonds is 4. The van der Waals surface area contributed by atoms with Gasteiger partial charge >= 0.3 is 0 Å². The summed E-state index contributed by atoms with van der Waals surface area (Å²) in [5.41, 5.74) is 2.98. The molecule has 0 aliphatic heterocycles. The van der Waals surface area contributed by atoms with Crippen LogP contribution in [0.1, 0.15) is 38.7 Å². The second-order valence-corrected chi connectivity index (χ2v) is 5.25. The summed E-state index contributed by atoms with van der Waals surface area (Å²) < 4.78 is 0. The summed E-state index contributed by atoms with van der Waals surface area (Å²) in [6.45, 7) is 6.26. The van der Waals surface area contributed by atoms with Crippen LogP contribution in [0.4, 0.5) is 5.69 Å². The maximum Gasteiger partial charge on any atom is 0.159 e. The van der Waals surface area contributed by atoms with E-state index in [1.54, 1.807) is 0 Å². The van der Waals surface area contributed by atoms with Crippen LogP contribution in [-0.2, 0) is 4.79 Å². The monoisotopic (exact) mass is 273 g/mol. The topological polar surface area (TPSA) is 40.5 Å². The summed E-state index contributed by atoms with van der Waals surface area (Å²) >= 11 is 0. The zero-order valence-electron chi connectivity index (χ0n) is 12.3. The molecule has 0 bridgehead atoms. The van der Waals surface area contributed by atoms with Gasteiger partial charge in [0.05, 0.1) is 6.10 Å². The van der Waals surface area contributed by atoms with E-state index in [1.807, 2.05) is 18.2 Å². The molecular formula is C17H23NO2. The number of nitrogens with zero attached hydrogens (tertiary/aromatic N) is 1. The van der Waals surface area contributed by atoms with E-state index in [-0.39, 0.29) is 11.9 Å². The number of hydrogen-bond acceptors (Lipinski definition) is 3. The molecule has 1 fully saturated rings. The van der Waals surface area contributed by atoms with Crippen LogP contribution in [0.15, 0.2) is 29.8 Å². The van der Waals surface area contributed by atoms with E-state index >= 15 is 0 Å². The minimum absolute atomic E-state index is 0.170. The summed E-state index contributed by atoms with van der Waals surface area (Å²) in [5.74, 6) is 0.170. The fourth-order valence-electron chi connectivity index (χ4n) is 2.64. The van der Waals surface area contributed by atoms with Gasteiger partial charge in [-0.2, -0.15) is 0 Å². The number of hydrogen-bond donors (Lipinski definition) is 1. The summed E-state index contributed by atoms with van der Waals surface area (Å²) in [7, 11) is 0. The molecule has 1 aliphatic carbocycles. The van der Waals surface area contributed by atoms with Crippen molar-refractivity contribution in [3.05, 3.63) is 35.4 Å². The molecule has 1 aromatic rings. The Hall–Kier alpha value is -1.61. The van der Waals surface area contributed by atoms with Gasteiger partial charge in [-0.25, -0.2) is 0 Å².